The molecule has 0 bridgehead atoms. The molecule has 0 radical (unpaired) electrons. The molecule has 7 heteroatoms. The predicted octanol–water partition coefficient (Wildman–Crippen LogP) is 4.37. The zero-order chi connectivity index (χ0) is 23.0. The van der Waals surface area contributed by atoms with E-state index in [-0.39, 0.29) is 11.9 Å². The number of rotatable bonds is 6. The first-order valence-electron chi connectivity index (χ1n) is 11.0. The largest absolute Gasteiger partial charge is 0.348 e. The zero-order valence-electron chi connectivity index (χ0n) is 19.6. The van der Waals surface area contributed by atoms with Crippen LogP contribution in [0.25, 0.3) is 22.3 Å². The molecule has 3 aromatic heterocycles. The van der Waals surface area contributed by atoms with Gasteiger partial charge in [-0.25, -0.2) is 9.67 Å². The maximum absolute atomic E-state index is 13.4. The van der Waals surface area contributed by atoms with Crippen LogP contribution < -0.4 is 5.32 Å². The van der Waals surface area contributed by atoms with Crippen molar-refractivity contribution >= 4 is 16.9 Å². The summed E-state index contributed by atoms with van der Waals surface area (Å²) in [6.45, 7) is 13.3. The summed E-state index contributed by atoms with van der Waals surface area (Å²) < 4.78 is 3.79. The molecule has 0 aliphatic rings. The van der Waals surface area contributed by atoms with E-state index in [2.05, 4.69) is 34.6 Å². The molecule has 0 aliphatic heterocycles. The molecule has 1 amide bonds. The second kappa shape index (κ2) is 8.57. The van der Waals surface area contributed by atoms with E-state index in [4.69, 9.17) is 4.98 Å². The molecule has 1 N–H and O–H groups in total. The fourth-order valence-electron chi connectivity index (χ4n) is 4.09. The molecule has 166 valence electrons. The molecular weight excluding hydrogens is 400 g/mol. The third kappa shape index (κ3) is 4.15. The predicted molar refractivity (Wildman–Crippen MR) is 127 cm³/mol. The molecule has 4 rings (SSSR count). The van der Waals surface area contributed by atoms with Crippen LogP contribution >= 0.6 is 0 Å². The molecule has 32 heavy (non-hydrogen) atoms. The molecule has 3 heterocycles. The minimum absolute atomic E-state index is 0.0898. The van der Waals surface area contributed by atoms with Crippen molar-refractivity contribution in [2.75, 3.05) is 0 Å². The number of fused-ring (bicyclic) bond motifs is 1. The summed E-state index contributed by atoms with van der Waals surface area (Å²) >= 11 is 0. The third-order valence-electron chi connectivity index (χ3n) is 5.70. The third-order valence-corrected chi connectivity index (χ3v) is 5.70. The minimum atomic E-state index is -0.126. The number of hydrogen-bond acceptors (Lipinski definition) is 4. The molecule has 0 fully saturated rings. The van der Waals surface area contributed by atoms with Gasteiger partial charge in [-0.3, -0.25) is 9.48 Å². The lowest BCUT2D eigenvalue weighted by Gasteiger charge is -2.16. The number of aromatic nitrogens is 5. The minimum Gasteiger partial charge on any atom is -0.348 e. The van der Waals surface area contributed by atoms with Crippen molar-refractivity contribution in [1.29, 1.82) is 0 Å². The van der Waals surface area contributed by atoms with Gasteiger partial charge in [-0.15, -0.1) is 0 Å². The summed E-state index contributed by atoms with van der Waals surface area (Å²) in [6.07, 6.45) is 0. The number of pyridine rings is 1. The summed E-state index contributed by atoms with van der Waals surface area (Å²) in [5.74, 6) is -0.126. The van der Waals surface area contributed by atoms with Crippen LogP contribution in [-0.4, -0.2) is 36.5 Å². The monoisotopic (exact) mass is 430 g/mol. The van der Waals surface area contributed by atoms with Gasteiger partial charge in [0, 0.05) is 23.8 Å². The van der Waals surface area contributed by atoms with Gasteiger partial charge in [-0.05, 0) is 53.7 Å². The Balaban J connectivity index is 1.72. The number of amides is 1. The van der Waals surface area contributed by atoms with E-state index in [9.17, 15) is 4.79 Å². The number of nitrogens with zero attached hydrogens (tertiary/aromatic N) is 5. The number of nitrogens with one attached hydrogen (secondary N) is 1. The summed E-state index contributed by atoms with van der Waals surface area (Å²) in [5, 5.41) is 13.1. The van der Waals surface area contributed by atoms with Gasteiger partial charge in [-0.2, -0.15) is 10.2 Å². The lowest BCUT2D eigenvalue weighted by atomic mass is 10.0. The fourth-order valence-corrected chi connectivity index (χ4v) is 4.09. The standard InChI is InChI=1S/C25H30N6O/c1-7-30-24-23(19(6)29-30)21(13-22(27-24)20-10-8-15(2)9-11-20)25(32)26-17(4)14-31-18(5)12-16(3)28-31/h8-13,17H,7,14H2,1-6H3,(H,26,32)/t17-/m0/s1. The SMILES string of the molecule is CCn1nc(C)c2c(C(=O)N[C@@H](C)Cn3nc(C)cc3C)cc(-c3ccc(C)cc3)nc21. The van der Waals surface area contributed by atoms with Gasteiger partial charge in [0.05, 0.1) is 34.6 Å². The van der Waals surface area contributed by atoms with Crippen LogP contribution in [0, 0.1) is 27.7 Å². The van der Waals surface area contributed by atoms with Gasteiger partial charge in [0.15, 0.2) is 5.65 Å². The normalized spacial score (nSPS) is 12.3. The highest BCUT2D eigenvalue weighted by atomic mass is 16.1. The van der Waals surface area contributed by atoms with E-state index in [0.29, 0.717) is 18.7 Å². The first kappa shape index (κ1) is 21.7. The van der Waals surface area contributed by atoms with E-state index < -0.39 is 0 Å². The quantitative estimate of drug-likeness (QED) is 0.493. The fraction of sp³-hybridized carbons (Fsp3) is 0.360. The highest BCUT2D eigenvalue weighted by Crippen LogP contribution is 2.27. The second-order valence-corrected chi connectivity index (χ2v) is 8.50. The van der Waals surface area contributed by atoms with Crippen LogP contribution in [0.4, 0.5) is 0 Å². The summed E-state index contributed by atoms with van der Waals surface area (Å²) in [5.41, 5.74) is 7.12. The summed E-state index contributed by atoms with van der Waals surface area (Å²) in [4.78, 5) is 18.3. The van der Waals surface area contributed by atoms with Crippen LogP contribution in [0.5, 0.6) is 0 Å². The molecule has 0 saturated carbocycles. The van der Waals surface area contributed by atoms with Crippen LogP contribution in [0.3, 0.4) is 0 Å². The molecule has 0 unspecified atom stereocenters. The smallest absolute Gasteiger partial charge is 0.252 e. The van der Waals surface area contributed by atoms with Crippen molar-refractivity contribution in [1.82, 2.24) is 29.9 Å². The molecule has 0 spiro atoms. The molecule has 1 atom stereocenters. The highest BCUT2D eigenvalue weighted by molar-refractivity contribution is 6.07. The van der Waals surface area contributed by atoms with Crippen molar-refractivity contribution in [3.05, 3.63) is 64.6 Å². The van der Waals surface area contributed by atoms with Crippen LogP contribution in [0.15, 0.2) is 36.4 Å². The number of carbonyl (C=O) groups excluding carboxylic acids is 1. The molecule has 0 saturated heterocycles. The van der Waals surface area contributed by atoms with Gasteiger partial charge in [-0.1, -0.05) is 29.8 Å². The Morgan fingerprint density at radius 1 is 1.03 bits per heavy atom. The van der Waals surface area contributed by atoms with Crippen molar-refractivity contribution in [2.45, 2.75) is 60.7 Å². The van der Waals surface area contributed by atoms with Crippen molar-refractivity contribution in [3.63, 3.8) is 0 Å². The Labute approximate surface area is 188 Å². The first-order valence-corrected chi connectivity index (χ1v) is 11.0. The second-order valence-electron chi connectivity index (χ2n) is 8.50. The zero-order valence-corrected chi connectivity index (χ0v) is 19.6. The van der Waals surface area contributed by atoms with Crippen LogP contribution in [0.2, 0.25) is 0 Å². The Morgan fingerprint density at radius 2 is 1.75 bits per heavy atom. The van der Waals surface area contributed by atoms with E-state index >= 15 is 0 Å². The Kier molecular flexibility index (Phi) is 5.82. The Hall–Kier alpha value is -3.48. The maximum atomic E-state index is 13.4. The van der Waals surface area contributed by atoms with Crippen molar-refractivity contribution in [2.24, 2.45) is 0 Å². The molecular formula is C25H30N6O. The number of benzene rings is 1. The van der Waals surface area contributed by atoms with Gasteiger partial charge in [0.1, 0.15) is 0 Å². The number of aryl methyl sites for hydroxylation is 5. The Bertz CT molecular complexity index is 1280. The lowest BCUT2D eigenvalue weighted by Crippen LogP contribution is -2.36. The first-order chi connectivity index (χ1) is 15.3. The van der Waals surface area contributed by atoms with Gasteiger partial charge < -0.3 is 5.32 Å². The van der Waals surface area contributed by atoms with Gasteiger partial charge in [0.25, 0.3) is 5.91 Å². The average Bonchev–Trinajstić information content (AvgIpc) is 3.25. The van der Waals surface area contributed by atoms with E-state index in [0.717, 1.165) is 39.4 Å². The average molecular weight is 431 g/mol. The van der Waals surface area contributed by atoms with Crippen LogP contribution in [0.1, 0.15) is 46.9 Å². The van der Waals surface area contributed by atoms with Gasteiger partial charge >= 0.3 is 0 Å². The van der Waals surface area contributed by atoms with Crippen molar-refractivity contribution in [3.8, 4) is 11.3 Å². The van der Waals surface area contributed by atoms with Crippen molar-refractivity contribution < 1.29 is 4.79 Å². The number of carbonyl (C=O) groups is 1. The molecule has 4 aromatic rings. The lowest BCUT2D eigenvalue weighted by molar-refractivity contribution is 0.0937. The van der Waals surface area contributed by atoms with Gasteiger partial charge in [0.2, 0.25) is 0 Å². The van der Waals surface area contributed by atoms with Crippen LogP contribution in [-0.2, 0) is 13.1 Å². The van der Waals surface area contributed by atoms with E-state index in [1.165, 1.54) is 5.56 Å². The summed E-state index contributed by atoms with van der Waals surface area (Å²) in [7, 11) is 0. The number of hydrogen-bond donors (Lipinski definition) is 1. The Morgan fingerprint density at radius 3 is 2.38 bits per heavy atom. The van der Waals surface area contributed by atoms with E-state index in [1.54, 1.807) is 0 Å². The topological polar surface area (TPSA) is 77.6 Å². The summed E-state index contributed by atoms with van der Waals surface area (Å²) in [6, 6.07) is 12.0. The molecule has 1 aromatic carbocycles. The molecule has 0 aliphatic carbocycles. The maximum Gasteiger partial charge on any atom is 0.252 e. The molecule has 7 nitrogen and oxygen atoms in total. The highest BCUT2D eigenvalue weighted by Gasteiger charge is 2.21. The van der Waals surface area contributed by atoms with E-state index in [1.807, 2.05) is 68.2 Å².